The Morgan fingerprint density at radius 3 is 2.77 bits per heavy atom. The number of anilines is 1. The van der Waals surface area contributed by atoms with Crippen molar-refractivity contribution in [2.24, 2.45) is 5.73 Å². The highest BCUT2D eigenvalue weighted by Gasteiger charge is 2.29. The van der Waals surface area contributed by atoms with Crippen molar-refractivity contribution in [1.82, 2.24) is 0 Å². The molecule has 0 saturated heterocycles. The molecule has 114 valence electrons. The standard InChI is InChI=1S/C18H20N2O2/c1-3-12-14-10-11(8-9-15(14)20-18(12)21)17(19)13-6-4-5-7-16(13)22-2/h4-10,12,17H,3,19H2,1-2H3,(H,20,21). The molecule has 0 fully saturated rings. The molecule has 2 aromatic carbocycles. The third-order valence-corrected chi connectivity index (χ3v) is 4.27. The van der Waals surface area contributed by atoms with Crippen LogP contribution in [0.5, 0.6) is 5.75 Å². The van der Waals surface area contributed by atoms with Crippen molar-refractivity contribution in [3.8, 4) is 5.75 Å². The molecule has 2 aromatic rings. The Morgan fingerprint density at radius 1 is 1.27 bits per heavy atom. The highest BCUT2D eigenvalue weighted by molar-refractivity contribution is 6.02. The van der Waals surface area contributed by atoms with Gasteiger partial charge >= 0.3 is 0 Å². The molecular weight excluding hydrogens is 276 g/mol. The van der Waals surface area contributed by atoms with Crippen LogP contribution < -0.4 is 15.8 Å². The molecule has 0 aromatic heterocycles. The molecule has 2 atom stereocenters. The molecule has 1 heterocycles. The molecule has 2 unspecified atom stereocenters. The fourth-order valence-corrected chi connectivity index (χ4v) is 3.05. The van der Waals surface area contributed by atoms with E-state index in [2.05, 4.69) is 5.32 Å². The number of carbonyl (C=O) groups is 1. The van der Waals surface area contributed by atoms with E-state index in [9.17, 15) is 4.79 Å². The monoisotopic (exact) mass is 296 g/mol. The highest BCUT2D eigenvalue weighted by Crippen LogP contribution is 2.37. The van der Waals surface area contributed by atoms with Gasteiger partial charge in [0.05, 0.1) is 19.1 Å². The number of para-hydroxylation sites is 1. The van der Waals surface area contributed by atoms with Gasteiger partial charge in [0.15, 0.2) is 0 Å². The van der Waals surface area contributed by atoms with E-state index in [0.717, 1.165) is 34.5 Å². The smallest absolute Gasteiger partial charge is 0.231 e. The molecule has 0 spiro atoms. The maximum absolute atomic E-state index is 12.0. The minimum absolute atomic E-state index is 0.0699. The SMILES string of the molecule is CCC1C(=O)Nc2ccc(C(N)c3ccccc3OC)cc21. The van der Waals surface area contributed by atoms with Gasteiger partial charge < -0.3 is 15.8 Å². The summed E-state index contributed by atoms with van der Waals surface area (Å²) in [6.45, 7) is 2.02. The van der Waals surface area contributed by atoms with Crippen molar-refractivity contribution in [2.45, 2.75) is 25.3 Å². The van der Waals surface area contributed by atoms with Crippen LogP contribution in [0.4, 0.5) is 5.69 Å². The van der Waals surface area contributed by atoms with Gasteiger partial charge in [-0.05, 0) is 29.7 Å². The lowest BCUT2D eigenvalue weighted by atomic mass is 9.92. The second-order valence-electron chi connectivity index (χ2n) is 5.52. The maximum Gasteiger partial charge on any atom is 0.231 e. The first-order valence-corrected chi connectivity index (χ1v) is 7.49. The summed E-state index contributed by atoms with van der Waals surface area (Å²) in [6, 6.07) is 13.4. The molecule has 3 N–H and O–H groups in total. The number of nitrogens with two attached hydrogens (primary N) is 1. The lowest BCUT2D eigenvalue weighted by molar-refractivity contribution is -0.117. The first-order valence-electron chi connectivity index (χ1n) is 7.49. The zero-order valence-corrected chi connectivity index (χ0v) is 12.8. The van der Waals surface area contributed by atoms with Gasteiger partial charge in [-0.25, -0.2) is 0 Å². The topological polar surface area (TPSA) is 64.4 Å². The number of fused-ring (bicyclic) bond motifs is 1. The van der Waals surface area contributed by atoms with Gasteiger partial charge in [-0.2, -0.15) is 0 Å². The summed E-state index contributed by atoms with van der Waals surface area (Å²) in [4.78, 5) is 12.0. The second-order valence-corrected chi connectivity index (χ2v) is 5.52. The normalized spacial score (nSPS) is 17.8. The molecule has 4 heteroatoms. The van der Waals surface area contributed by atoms with Crippen LogP contribution in [0, 0.1) is 0 Å². The number of carbonyl (C=O) groups excluding carboxylic acids is 1. The molecule has 0 saturated carbocycles. The summed E-state index contributed by atoms with van der Waals surface area (Å²) >= 11 is 0. The lowest BCUT2D eigenvalue weighted by Crippen LogP contribution is -2.13. The van der Waals surface area contributed by atoms with E-state index in [1.54, 1.807) is 7.11 Å². The Bertz CT molecular complexity index is 712. The average Bonchev–Trinajstić information content (AvgIpc) is 2.88. The van der Waals surface area contributed by atoms with E-state index in [0.29, 0.717) is 0 Å². The Labute approximate surface area is 130 Å². The van der Waals surface area contributed by atoms with Crippen LogP contribution in [-0.4, -0.2) is 13.0 Å². The number of benzene rings is 2. The van der Waals surface area contributed by atoms with Crippen LogP contribution in [0.2, 0.25) is 0 Å². The summed E-state index contributed by atoms with van der Waals surface area (Å²) in [6.07, 6.45) is 0.784. The molecule has 1 amide bonds. The number of hydrogen-bond acceptors (Lipinski definition) is 3. The number of rotatable bonds is 4. The van der Waals surface area contributed by atoms with Crippen molar-refractivity contribution >= 4 is 11.6 Å². The van der Waals surface area contributed by atoms with Gasteiger partial charge in [0.25, 0.3) is 0 Å². The van der Waals surface area contributed by atoms with Crippen LogP contribution in [0.3, 0.4) is 0 Å². The van der Waals surface area contributed by atoms with Gasteiger partial charge in [0.2, 0.25) is 5.91 Å². The van der Waals surface area contributed by atoms with Crippen molar-refractivity contribution in [2.75, 3.05) is 12.4 Å². The summed E-state index contributed by atoms with van der Waals surface area (Å²) in [5.74, 6) is 0.761. The first-order chi connectivity index (χ1) is 10.7. The van der Waals surface area contributed by atoms with Gasteiger partial charge in [-0.1, -0.05) is 37.3 Å². The van der Waals surface area contributed by atoms with Crippen LogP contribution >= 0.6 is 0 Å². The van der Waals surface area contributed by atoms with E-state index in [1.807, 2.05) is 49.4 Å². The lowest BCUT2D eigenvalue weighted by Gasteiger charge is -2.17. The number of nitrogens with one attached hydrogen (secondary N) is 1. The van der Waals surface area contributed by atoms with Gasteiger partial charge in [0.1, 0.15) is 5.75 Å². The number of amides is 1. The van der Waals surface area contributed by atoms with Crippen molar-refractivity contribution in [3.63, 3.8) is 0 Å². The molecule has 0 bridgehead atoms. The number of ether oxygens (including phenoxy) is 1. The van der Waals surface area contributed by atoms with E-state index < -0.39 is 0 Å². The molecule has 0 aliphatic carbocycles. The molecule has 22 heavy (non-hydrogen) atoms. The fraction of sp³-hybridized carbons (Fsp3) is 0.278. The summed E-state index contributed by atoms with van der Waals surface area (Å²) in [5, 5.41) is 2.92. The number of methoxy groups -OCH3 is 1. The third-order valence-electron chi connectivity index (χ3n) is 4.27. The van der Waals surface area contributed by atoms with Gasteiger partial charge in [-0.15, -0.1) is 0 Å². The largest absolute Gasteiger partial charge is 0.496 e. The molecule has 4 nitrogen and oxygen atoms in total. The maximum atomic E-state index is 12.0. The zero-order valence-electron chi connectivity index (χ0n) is 12.8. The Morgan fingerprint density at radius 2 is 2.05 bits per heavy atom. The fourth-order valence-electron chi connectivity index (χ4n) is 3.05. The Kier molecular flexibility index (Phi) is 3.86. The van der Waals surface area contributed by atoms with Crippen LogP contribution in [-0.2, 0) is 4.79 Å². The summed E-state index contributed by atoms with van der Waals surface area (Å²) in [5.41, 5.74) is 10.3. The average molecular weight is 296 g/mol. The minimum Gasteiger partial charge on any atom is -0.496 e. The predicted octanol–water partition coefficient (Wildman–Crippen LogP) is 3.19. The number of hydrogen-bond donors (Lipinski definition) is 2. The molecule has 3 rings (SSSR count). The van der Waals surface area contributed by atoms with Crippen molar-refractivity contribution in [3.05, 3.63) is 59.2 Å². The predicted molar refractivity (Wildman–Crippen MR) is 87.1 cm³/mol. The quantitative estimate of drug-likeness (QED) is 0.910. The highest BCUT2D eigenvalue weighted by atomic mass is 16.5. The van der Waals surface area contributed by atoms with E-state index in [4.69, 9.17) is 10.5 Å². The summed E-state index contributed by atoms with van der Waals surface area (Å²) < 4.78 is 5.39. The first kappa shape index (κ1) is 14.6. The van der Waals surface area contributed by atoms with E-state index >= 15 is 0 Å². The summed E-state index contributed by atoms with van der Waals surface area (Å²) in [7, 11) is 1.64. The van der Waals surface area contributed by atoms with Crippen LogP contribution in [0.1, 0.15) is 42.0 Å². The van der Waals surface area contributed by atoms with E-state index in [1.165, 1.54) is 0 Å². The van der Waals surface area contributed by atoms with E-state index in [-0.39, 0.29) is 17.9 Å². The Balaban J connectivity index is 2.00. The van der Waals surface area contributed by atoms with Gasteiger partial charge in [-0.3, -0.25) is 4.79 Å². The Hall–Kier alpha value is -2.33. The second kappa shape index (κ2) is 5.81. The van der Waals surface area contributed by atoms with Crippen LogP contribution in [0.15, 0.2) is 42.5 Å². The minimum atomic E-state index is -0.283. The molecule has 1 aliphatic heterocycles. The molecule has 0 radical (unpaired) electrons. The third kappa shape index (κ3) is 2.35. The van der Waals surface area contributed by atoms with Crippen molar-refractivity contribution in [1.29, 1.82) is 0 Å². The van der Waals surface area contributed by atoms with Crippen LogP contribution in [0.25, 0.3) is 0 Å². The molecular formula is C18H20N2O2. The zero-order chi connectivity index (χ0) is 15.7. The van der Waals surface area contributed by atoms with Gasteiger partial charge in [0, 0.05) is 11.3 Å². The van der Waals surface area contributed by atoms with Crippen molar-refractivity contribution < 1.29 is 9.53 Å². The molecule has 1 aliphatic rings.